The highest BCUT2D eigenvalue weighted by molar-refractivity contribution is 5.75. The van der Waals surface area contributed by atoms with Crippen LogP contribution in [0.4, 0.5) is 0 Å². The zero-order valence-electron chi connectivity index (χ0n) is 11.6. The fourth-order valence-electron chi connectivity index (χ4n) is 1.80. The number of amides is 1. The summed E-state index contributed by atoms with van der Waals surface area (Å²) in [6.07, 6.45) is 2.93. The minimum absolute atomic E-state index is 0.0320. The molecule has 5 nitrogen and oxygen atoms in total. The minimum atomic E-state index is 0.0320. The molecule has 0 bridgehead atoms. The molecular weight excluding hydrogens is 254 g/mol. The quantitative estimate of drug-likeness (QED) is 0.757. The van der Waals surface area contributed by atoms with E-state index in [2.05, 4.69) is 15.6 Å². The third kappa shape index (κ3) is 4.20. The first-order valence-electron chi connectivity index (χ1n) is 6.70. The number of nitrogens with one attached hydrogen (secondary N) is 2. The number of oxazole rings is 1. The molecule has 2 N–H and O–H groups in total. The molecular formula is C15H19N3O2. The van der Waals surface area contributed by atoms with E-state index in [0.717, 1.165) is 24.2 Å². The van der Waals surface area contributed by atoms with E-state index in [-0.39, 0.29) is 5.91 Å². The highest BCUT2D eigenvalue weighted by Gasteiger charge is 2.07. The Hall–Kier alpha value is -2.14. The van der Waals surface area contributed by atoms with Crippen LogP contribution in [0.3, 0.4) is 0 Å². The maximum atomic E-state index is 11.6. The van der Waals surface area contributed by atoms with E-state index in [0.29, 0.717) is 18.9 Å². The van der Waals surface area contributed by atoms with E-state index >= 15 is 0 Å². The molecule has 0 saturated carbocycles. The molecule has 0 fully saturated rings. The van der Waals surface area contributed by atoms with Crippen LogP contribution < -0.4 is 10.6 Å². The van der Waals surface area contributed by atoms with Crippen molar-refractivity contribution in [1.29, 1.82) is 0 Å². The van der Waals surface area contributed by atoms with Crippen molar-refractivity contribution in [2.24, 2.45) is 0 Å². The number of carbonyl (C=O) groups is 1. The zero-order valence-corrected chi connectivity index (χ0v) is 11.6. The topological polar surface area (TPSA) is 67.2 Å². The van der Waals surface area contributed by atoms with Crippen molar-refractivity contribution in [3.63, 3.8) is 0 Å². The predicted molar refractivity (Wildman–Crippen MR) is 76.9 cm³/mol. The SMILES string of the molecule is CNCCCC(=O)NCc1coc(-c2ccccc2)n1. The van der Waals surface area contributed by atoms with Crippen LogP contribution in [0.25, 0.3) is 11.5 Å². The fraction of sp³-hybridized carbons (Fsp3) is 0.333. The van der Waals surface area contributed by atoms with Crippen LogP contribution in [-0.2, 0) is 11.3 Å². The zero-order chi connectivity index (χ0) is 14.2. The summed E-state index contributed by atoms with van der Waals surface area (Å²) in [6.45, 7) is 1.24. The Morgan fingerprint density at radius 1 is 1.30 bits per heavy atom. The van der Waals surface area contributed by atoms with Crippen LogP contribution in [0.5, 0.6) is 0 Å². The van der Waals surface area contributed by atoms with Crippen molar-refractivity contribution in [2.75, 3.05) is 13.6 Å². The normalized spacial score (nSPS) is 10.4. The smallest absolute Gasteiger partial charge is 0.226 e. The Balaban J connectivity index is 1.83. The lowest BCUT2D eigenvalue weighted by Gasteiger charge is -2.02. The summed E-state index contributed by atoms with van der Waals surface area (Å²) in [7, 11) is 1.87. The second-order valence-electron chi connectivity index (χ2n) is 4.49. The highest BCUT2D eigenvalue weighted by Crippen LogP contribution is 2.17. The van der Waals surface area contributed by atoms with Gasteiger partial charge in [-0.3, -0.25) is 4.79 Å². The van der Waals surface area contributed by atoms with E-state index in [1.165, 1.54) is 0 Å². The molecule has 0 aliphatic heterocycles. The van der Waals surface area contributed by atoms with Gasteiger partial charge in [-0.15, -0.1) is 0 Å². The lowest BCUT2D eigenvalue weighted by molar-refractivity contribution is -0.121. The predicted octanol–water partition coefficient (Wildman–Crippen LogP) is 1.96. The molecule has 106 valence electrons. The lowest BCUT2D eigenvalue weighted by Crippen LogP contribution is -2.23. The molecule has 0 spiro atoms. The third-order valence-corrected chi connectivity index (χ3v) is 2.87. The van der Waals surface area contributed by atoms with E-state index < -0.39 is 0 Å². The highest BCUT2D eigenvalue weighted by atomic mass is 16.3. The molecule has 1 heterocycles. The molecule has 0 saturated heterocycles. The van der Waals surface area contributed by atoms with Crippen molar-refractivity contribution < 1.29 is 9.21 Å². The molecule has 1 amide bonds. The van der Waals surface area contributed by atoms with Gasteiger partial charge in [-0.1, -0.05) is 18.2 Å². The Kier molecular flexibility index (Phi) is 5.32. The Morgan fingerprint density at radius 2 is 2.10 bits per heavy atom. The van der Waals surface area contributed by atoms with Crippen molar-refractivity contribution >= 4 is 5.91 Å². The third-order valence-electron chi connectivity index (χ3n) is 2.87. The Labute approximate surface area is 118 Å². The lowest BCUT2D eigenvalue weighted by atomic mass is 10.2. The summed E-state index contributed by atoms with van der Waals surface area (Å²) >= 11 is 0. The first-order chi connectivity index (χ1) is 9.79. The molecule has 0 aliphatic rings. The molecule has 5 heteroatoms. The first-order valence-corrected chi connectivity index (χ1v) is 6.70. The Bertz CT molecular complexity index is 537. The largest absolute Gasteiger partial charge is 0.444 e. The van der Waals surface area contributed by atoms with Gasteiger partial charge in [-0.05, 0) is 32.1 Å². The summed E-state index contributed by atoms with van der Waals surface area (Å²) in [5, 5.41) is 5.84. The molecule has 1 aromatic heterocycles. The summed E-state index contributed by atoms with van der Waals surface area (Å²) < 4.78 is 5.41. The Morgan fingerprint density at radius 3 is 2.85 bits per heavy atom. The van der Waals surface area contributed by atoms with Gasteiger partial charge in [0.15, 0.2) is 0 Å². The summed E-state index contributed by atoms with van der Waals surface area (Å²) in [6, 6.07) is 9.68. The van der Waals surface area contributed by atoms with Gasteiger partial charge in [-0.2, -0.15) is 0 Å². The van der Waals surface area contributed by atoms with Crippen LogP contribution in [0.1, 0.15) is 18.5 Å². The monoisotopic (exact) mass is 273 g/mol. The molecule has 0 unspecified atom stereocenters. The van der Waals surface area contributed by atoms with Gasteiger partial charge in [0.05, 0.1) is 12.2 Å². The van der Waals surface area contributed by atoms with Gasteiger partial charge in [0, 0.05) is 12.0 Å². The van der Waals surface area contributed by atoms with Crippen molar-refractivity contribution in [3.05, 3.63) is 42.3 Å². The molecule has 1 aromatic carbocycles. The van der Waals surface area contributed by atoms with Crippen molar-refractivity contribution in [2.45, 2.75) is 19.4 Å². The van der Waals surface area contributed by atoms with Crippen LogP contribution in [0.15, 0.2) is 41.0 Å². The van der Waals surface area contributed by atoms with Crippen LogP contribution in [-0.4, -0.2) is 24.5 Å². The fourth-order valence-corrected chi connectivity index (χ4v) is 1.80. The van der Waals surface area contributed by atoms with Gasteiger partial charge in [0.25, 0.3) is 0 Å². The molecule has 2 aromatic rings. The molecule has 0 aliphatic carbocycles. The molecule has 0 radical (unpaired) electrons. The average molecular weight is 273 g/mol. The first kappa shape index (κ1) is 14.3. The number of rotatable bonds is 7. The maximum Gasteiger partial charge on any atom is 0.226 e. The maximum absolute atomic E-state index is 11.6. The number of aromatic nitrogens is 1. The van der Waals surface area contributed by atoms with E-state index in [9.17, 15) is 4.79 Å². The number of hydrogen-bond donors (Lipinski definition) is 2. The summed E-state index contributed by atoms with van der Waals surface area (Å²) in [5.41, 5.74) is 1.66. The summed E-state index contributed by atoms with van der Waals surface area (Å²) in [5.74, 6) is 0.606. The van der Waals surface area contributed by atoms with E-state index in [1.807, 2.05) is 37.4 Å². The van der Waals surface area contributed by atoms with Gasteiger partial charge in [0.1, 0.15) is 6.26 Å². The van der Waals surface area contributed by atoms with E-state index in [1.54, 1.807) is 6.26 Å². The number of hydrogen-bond acceptors (Lipinski definition) is 4. The van der Waals surface area contributed by atoms with Gasteiger partial charge in [-0.25, -0.2) is 4.98 Å². The standard InChI is InChI=1S/C15H19N3O2/c1-16-9-5-8-14(19)17-10-13-11-20-15(18-13)12-6-3-2-4-7-12/h2-4,6-7,11,16H,5,8-10H2,1H3,(H,17,19). The number of nitrogens with zero attached hydrogens (tertiary/aromatic N) is 1. The molecule has 0 atom stereocenters. The second kappa shape index (κ2) is 7.45. The number of benzene rings is 1. The van der Waals surface area contributed by atoms with E-state index in [4.69, 9.17) is 4.42 Å². The minimum Gasteiger partial charge on any atom is -0.444 e. The van der Waals surface area contributed by atoms with Gasteiger partial charge >= 0.3 is 0 Å². The van der Waals surface area contributed by atoms with Crippen LogP contribution in [0, 0.1) is 0 Å². The molecule has 20 heavy (non-hydrogen) atoms. The van der Waals surface area contributed by atoms with Crippen LogP contribution in [0.2, 0.25) is 0 Å². The van der Waals surface area contributed by atoms with Gasteiger partial charge < -0.3 is 15.1 Å². The average Bonchev–Trinajstić information content (AvgIpc) is 2.95. The van der Waals surface area contributed by atoms with Gasteiger partial charge in [0.2, 0.25) is 11.8 Å². The van der Waals surface area contributed by atoms with Crippen molar-refractivity contribution in [3.8, 4) is 11.5 Å². The second-order valence-corrected chi connectivity index (χ2v) is 4.49. The molecule has 2 rings (SSSR count). The number of carbonyl (C=O) groups excluding carboxylic acids is 1. The van der Waals surface area contributed by atoms with Crippen molar-refractivity contribution in [1.82, 2.24) is 15.6 Å². The van der Waals surface area contributed by atoms with Crippen LogP contribution >= 0.6 is 0 Å². The summed E-state index contributed by atoms with van der Waals surface area (Å²) in [4.78, 5) is 15.9.